The molecule has 176 valence electrons. The Balaban J connectivity index is 1.63. The van der Waals surface area contributed by atoms with Gasteiger partial charge in [-0.3, -0.25) is 9.59 Å². The number of ether oxygens (including phenoxy) is 2. The fourth-order valence-corrected chi connectivity index (χ4v) is 3.81. The molecular weight excluding hydrogens is 434 g/mol. The third kappa shape index (κ3) is 5.09. The molecular formula is C25H27N5O4. The van der Waals surface area contributed by atoms with Crippen LogP contribution in [0.3, 0.4) is 0 Å². The van der Waals surface area contributed by atoms with Crippen molar-refractivity contribution in [1.29, 1.82) is 0 Å². The summed E-state index contributed by atoms with van der Waals surface area (Å²) < 4.78 is 12.7. The number of amides is 2. The first-order valence-electron chi connectivity index (χ1n) is 10.9. The Hall–Kier alpha value is -4.14. The maximum Gasteiger partial charge on any atom is 0.268 e. The van der Waals surface area contributed by atoms with Crippen molar-refractivity contribution in [1.82, 2.24) is 19.9 Å². The number of hydrazone groups is 1. The summed E-state index contributed by atoms with van der Waals surface area (Å²) in [5.74, 6) is 1.35. The molecule has 2 aromatic carbocycles. The number of aromatic nitrogens is 2. The average molecular weight is 462 g/mol. The van der Waals surface area contributed by atoms with Crippen LogP contribution in [0.2, 0.25) is 0 Å². The number of rotatable bonds is 8. The highest BCUT2D eigenvalue weighted by molar-refractivity contribution is 6.39. The Labute approximate surface area is 198 Å². The van der Waals surface area contributed by atoms with E-state index in [0.717, 1.165) is 11.1 Å². The van der Waals surface area contributed by atoms with Gasteiger partial charge in [0.15, 0.2) is 0 Å². The summed E-state index contributed by atoms with van der Waals surface area (Å²) in [6, 6.07) is 14.4. The quantitative estimate of drug-likeness (QED) is 0.556. The first kappa shape index (κ1) is 23.0. The van der Waals surface area contributed by atoms with Crippen molar-refractivity contribution < 1.29 is 19.1 Å². The van der Waals surface area contributed by atoms with Gasteiger partial charge in [0.25, 0.3) is 5.91 Å². The monoisotopic (exact) mass is 461 g/mol. The second kappa shape index (κ2) is 10.2. The molecule has 2 amide bonds. The number of carbonyl (C=O) groups is 2. The molecule has 1 aromatic heterocycles. The SMILES string of the molecule is COc1cc(OC)cc(C(NC(=O)C2=NN(Cc3ccccc3)C(=O)CC2)c2nccn2C)c1. The molecule has 0 saturated heterocycles. The highest BCUT2D eigenvalue weighted by Gasteiger charge is 2.28. The molecule has 1 N–H and O–H groups in total. The first-order valence-corrected chi connectivity index (χ1v) is 10.9. The Bertz CT molecular complexity index is 1180. The van der Waals surface area contributed by atoms with Gasteiger partial charge in [-0.25, -0.2) is 9.99 Å². The second-order valence-electron chi connectivity index (χ2n) is 7.93. The number of aryl methyl sites for hydroxylation is 1. The van der Waals surface area contributed by atoms with E-state index < -0.39 is 6.04 Å². The standard InChI is InChI=1S/C25H27N5O4/c1-29-12-11-26-24(29)23(18-13-19(33-2)15-20(14-18)34-3)27-25(32)21-9-10-22(31)30(28-21)16-17-7-5-4-6-8-17/h4-8,11-15,23H,9-10,16H2,1-3H3,(H,27,32). The maximum absolute atomic E-state index is 13.3. The summed E-state index contributed by atoms with van der Waals surface area (Å²) in [5, 5.41) is 8.79. The van der Waals surface area contributed by atoms with Crippen molar-refractivity contribution in [2.24, 2.45) is 12.1 Å². The topological polar surface area (TPSA) is 98.1 Å². The molecule has 0 bridgehead atoms. The average Bonchev–Trinajstić information content (AvgIpc) is 3.29. The van der Waals surface area contributed by atoms with Gasteiger partial charge in [0, 0.05) is 38.3 Å². The van der Waals surface area contributed by atoms with Crippen molar-refractivity contribution in [3.8, 4) is 11.5 Å². The molecule has 1 atom stereocenters. The van der Waals surface area contributed by atoms with Gasteiger partial charge in [-0.2, -0.15) is 5.10 Å². The summed E-state index contributed by atoms with van der Waals surface area (Å²) in [6.07, 6.45) is 3.97. The lowest BCUT2D eigenvalue weighted by molar-refractivity contribution is -0.132. The predicted octanol–water partition coefficient (Wildman–Crippen LogP) is 2.82. The van der Waals surface area contributed by atoms with Crippen LogP contribution in [0.5, 0.6) is 11.5 Å². The highest BCUT2D eigenvalue weighted by atomic mass is 16.5. The molecule has 9 nitrogen and oxygen atoms in total. The van der Waals surface area contributed by atoms with Gasteiger partial charge in [0.1, 0.15) is 29.1 Å². The summed E-state index contributed by atoms with van der Waals surface area (Å²) in [7, 11) is 5.00. The number of benzene rings is 2. The van der Waals surface area contributed by atoms with E-state index in [0.29, 0.717) is 29.6 Å². The van der Waals surface area contributed by atoms with E-state index in [9.17, 15) is 9.59 Å². The van der Waals surface area contributed by atoms with Crippen molar-refractivity contribution in [3.05, 3.63) is 77.9 Å². The molecule has 0 fully saturated rings. The van der Waals surface area contributed by atoms with Crippen molar-refractivity contribution in [2.75, 3.05) is 14.2 Å². The van der Waals surface area contributed by atoms with Crippen LogP contribution in [-0.4, -0.2) is 46.3 Å². The van der Waals surface area contributed by atoms with Gasteiger partial charge >= 0.3 is 0 Å². The van der Waals surface area contributed by atoms with Crippen LogP contribution in [0.15, 0.2) is 66.0 Å². The minimum absolute atomic E-state index is 0.112. The molecule has 0 radical (unpaired) electrons. The molecule has 0 spiro atoms. The number of hydrogen-bond donors (Lipinski definition) is 1. The molecule has 1 aliphatic heterocycles. The number of nitrogens with one attached hydrogen (secondary N) is 1. The smallest absolute Gasteiger partial charge is 0.268 e. The zero-order chi connectivity index (χ0) is 24.1. The number of carbonyl (C=O) groups excluding carboxylic acids is 2. The summed E-state index contributed by atoms with van der Waals surface area (Å²) >= 11 is 0. The fourth-order valence-electron chi connectivity index (χ4n) is 3.81. The maximum atomic E-state index is 13.3. The molecule has 0 saturated carbocycles. The van der Waals surface area contributed by atoms with E-state index in [1.807, 2.05) is 60.3 Å². The Morgan fingerprint density at radius 1 is 1.09 bits per heavy atom. The van der Waals surface area contributed by atoms with E-state index in [1.165, 1.54) is 5.01 Å². The molecule has 0 aliphatic carbocycles. The molecule has 1 aliphatic rings. The molecule has 34 heavy (non-hydrogen) atoms. The minimum Gasteiger partial charge on any atom is -0.497 e. The summed E-state index contributed by atoms with van der Waals surface area (Å²) in [4.78, 5) is 30.2. The predicted molar refractivity (Wildman–Crippen MR) is 126 cm³/mol. The number of imidazole rings is 1. The van der Waals surface area contributed by atoms with E-state index in [4.69, 9.17) is 9.47 Å². The van der Waals surface area contributed by atoms with Gasteiger partial charge in [0.05, 0.1) is 20.8 Å². The second-order valence-corrected chi connectivity index (χ2v) is 7.93. The summed E-state index contributed by atoms with van der Waals surface area (Å²) in [6.45, 7) is 0.312. The zero-order valence-corrected chi connectivity index (χ0v) is 19.4. The van der Waals surface area contributed by atoms with Crippen molar-refractivity contribution >= 4 is 17.5 Å². The van der Waals surface area contributed by atoms with E-state index in [1.54, 1.807) is 26.5 Å². The number of hydrogen-bond acceptors (Lipinski definition) is 6. The van der Waals surface area contributed by atoms with Crippen LogP contribution in [0.4, 0.5) is 0 Å². The fraction of sp³-hybridized carbons (Fsp3) is 0.280. The van der Waals surface area contributed by atoms with Gasteiger partial charge < -0.3 is 19.4 Å². The lowest BCUT2D eigenvalue weighted by Gasteiger charge is -2.25. The molecule has 4 rings (SSSR count). The van der Waals surface area contributed by atoms with Gasteiger partial charge in [-0.1, -0.05) is 30.3 Å². The molecule has 2 heterocycles. The van der Waals surface area contributed by atoms with Crippen LogP contribution in [-0.2, 0) is 23.2 Å². The van der Waals surface area contributed by atoms with Crippen LogP contribution in [0.1, 0.15) is 35.8 Å². The summed E-state index contributed by atoms with van der Waals surface area (Å²) in [5.41, 5.74) is 1.98. The lowest BCUT2D eigenvalue weighted by atomic mass is 10.0. The third-order valence-electron chi connectivity index (χ3n) is 5.64. The Kier molecular flexibility index (Phi) is 6.91. The van der Waals surface area contributed by atoms with Crippen molar-refractivity contribution in [2.45, 2.75) is 25.4 Å². The Morgan fingerprint density at radius 2 is 1.79 bits per heavy atom. The third-order valence-corrected chi connectivity index (χ3v) is 5.64. The van der Waals surface area contributed by atoms with Crippen LogP contribution >= 0.6 is 0 Å². The van der Waals surface area contributed by atoms with E-state index >= 15 is 0 Å². The van der Waals surface area contributed by atoms with Crippen LogP contribution < -0.4 is 14.8 Å². The van der Waals surface area contributed by atoms with Crippen molar-refractivity contribution in [3.63, 3.8) is 0 Å². The van der Waals surface area contributed by atoms with Crippen LogP contribution in [0.25, 0.3) is 0 Å². The zero-order valence-electron chi connectivity index (χ0n) is 19.4. The van der Waals surface area contributed by atoms with E-state index in [2.05, 4.69) is 15.4 Å². The largest absolute Gasteiger partial charge is 0.497 e. The molecule has 3 aromatic rings. The number of methoxy groups -OCH3 is 2. The lowest BCUT2D eigenvalue weighted by Crippen LogP contribution is -2.41. The molecule has 1 unspecified atom stereocenters. The minimum atomic E-state index is -0.584. The first-order chi connectivity index (χ1) is 16.5. The molecule has 9 heteroatoms. The van der Waals surface area contributed by atoms with Crippen LogP contribution in [0, 0.1) is 0 Å². The van der Waals surface area contributed by atoms with Gasteiger partial charge in [0.2, 0.25) is 5.91 Å². The highest BCUT2D eigenvalue weighted by Crippen LogP contribution is 2.29. The number of nitrogens with zero attached hydrogens (tertiary/aromatic N) is 4. The van der Waals surface area contributed by atoms with Gasteiger partial charge in [-0.05, 0) is 23.3 Å². The van der Waals surface area contributed by atoms with E-state index in [-0.39, 0.29) is 24.7 Å². The van der Waals surface area contributed by atoms with Gasteiger partial charge in [-0.15, -0.1) is 0 Å². The normalized spacial score (nSPS) is 14.4. The Morgan fingerprint density at radius 3 is 2.41 bits per heavy atom.